The summed E-state index contributed by atoms with van der Waals surface area (Å²) in [6, 6.07) is 5.57. The molecule has 0 atom stereocenters. The number of carbonyl (C=O) groups is 1. The molecule has 6 nitrogen and oxygen atoms in total. The molecule has 1 aromatic heterocycles. The highest BCUT2D eigenvalue weighted by Crippen LogP contribution is 2.15. The largest absolute Gasteiger partial charge is 0.350 e. The average molecular weight is 301 g/mol. The van der Waals surface area contributed by atoms with Gasteiger partial charge in [-0.3, -0.25) is 4.79 Å². The highest BCUT2D eigenvalue weighted by atomic mass is 16.1. The SMILES string of the molecule is CCC(N)(CC)CNC(=O)c1ccc(-n2cncn2)cc1C. The predicted molar refractivity (Wildman–Crippen MR) is 85.9 cm³/mol. The van der Waals surface area contributed by atoms with E-state index < -0.39 is 0 Å². The maximum absolute atomic E-state index is 12.3. The Kier molecular flexibility index (Phi) is 4.92. The van der Waals surface area contributed by atoms with Crippen LogP contribution in [0.2, 0.25) is 0 Å². The Bertz CT molecular complexity index is 632. The molecule has 0 aliphatic heterocycles. The molecule has 0 saturated carbocycles. The Morgan fingerprint density at radius 1 is 1.36 bits per heavy atom. The van der Waals surface area contributed by atoms with Crippen molar-refractivity contribution in [2.75, 3.05) is 6.54 Å². The number of carbonyl (C=O) groups excluding carboxylic acids is 1. The van der Waals surface area contributed by atoms with Crippen molar-refractivity contribution in [3.05, 3.63) is 42.0 Å². The van der Waals surface area contributed by atoms with E-state index in [-0.39, 0.29) is 11.4 Å². The molecule has 2 rings (SSSR count). The number of hydrogen-bond donors (Lipinski definition) is 2. The lowest BCUT2D eigenvalue weighted by molar-refractivity contribution is 0.0941. The third kappa shape index (κ3) is 3.51. The monoisotopic (exact) mass is 301 g/mol. The summed E-state index contributed by atoms with van der Waals surface area (Å²) < 4.78 is 1.66. The van der Waals surface area contributed by atoms with Gasteiger partial charge in [-0.05, 0) is 43.5 Å². The first kappa shape index (κ1) is 16.2. The van der Waals surface area contributed by atoms with E-state index in [4.69, 9.17) is 5.73 Å². The summed E-state index contributed by atoms with van der Waals surface area (Å²) in [6.07, 6.45) is 4.76. The van der Waals surface area contributed by atoms with E-state index >= 15 is 0 Å². The Morgan fingerprint density at radius 2 is 2.09 bits per heavy atom. The van der Waals surface area contributed by atoms with Crippen molar-refractivity contribution in [3.63, 3.8) is 0 Å². The molecule has 6 heteroatoms. The second-order valence-corrected chi connectivity index (χ2v) is 5.59. The lowest BCUT2D eigenvalue weighted by Crippen LogP contribution is -2.49. The zero-order valence-electron chi connectivity index (χ0n) is 13.3. The Balaban J connectivity index is 2.11. The summed E-state index contributed by atoms with van der Waals surface area (Å²) in [6.45, 7) is 6.45. The van der Waals surface area contributed by atoms with Crippen LogP contribution in [0.25, 0.3) is 5.69 Å². The van der Waals surface area contributed by atoms with Crippen LogP contribution in [0.4, 0.5) is 0 Å². The normalized spacial score (nSPS) is 11.5. The van der Waals surface area contributed by atoms with Crippen molar-refractivity contribution in [3.8, 4) is 5.69 Å². The van der Waals surface area contributed by atoms with Crippen LogP contribution >= 0.6 is 0 Å². The van der Waals surface area contributed by atoms with Crippen LogP contribution in [0, 0.1) is 6.92 Å². The Hall–Kier alpha value is -2.21. The first-order chi connectivity index (χ1) is 10.5. The molecular weight excluding hydrogens is 278 g/mol. The smallest absolute Gasteiger partial charge is 0.251 e. The molecule has 1 aromatic carbocycles. The molecule has 118 valence electrons. The third-order valence-electron chi connectivity index (χ3n) is 4.15. The van der Waals surface area contributed by atoms with Crippen molar-refractivity contribution < 1.29 is 4.79 Å². The molecule has 1 amide bonds. The van der Waals surface area contributed by atoms with Gasteiger partial charge in [0.15, 0.2) is 0 Å². The van der Waals surface area contributed by atoms with Gasteiger partial charge in [0.2, 0.25) is 0 Å². The van der Waals surface area contributed by atoms with Crippen LogP contribution in [0.1, 0.15) is 42.6 Å². The average Bonchev–Trinajstić information content (AvgIpc) is 3.06. The van der Waals surface area contributed by atoms with Crippen LogP contribution in [-0.4, -0.2) is 32.8 Å². The number of nitrogens with two attached hydrogens (primary N) is 1. The van der Waals surface area contributed by atoms with Crippen LogP contribution < -0.4 is 11.1 Å². The number of aromatic nitrogens is 3. The summed E-state index contributed by atoms with van der Waals surface area (Å²) in [5.74, 6) is -0.0978. The fourth-order valence-electron chi connectivity index (χ4n) is 2.24. The second kappa shape index (κ2) is 6.70. The molecule has 0 aliphatic carbocycles. The number of benzene rings is 1. The summed E-state index contributed by atoms with van der Waals surface area (Å²) in [7, 11) is 0. The molecule has 0 aliphatic rings. The maximum atomic E-state index is 12.3. The highest BCUT2D eigenvalue weighted by molar-refractivity contribution is 5.95. The van der Waals surface area contributed by atoms with Crippen molar-refractivity contribution in [1.29, 1.82) is 0 Å². The first-order valence-electron chi connectivity index (χ1n) is 7.52. The topological polar surface area (TPSA) is 85.8 Å². The van der Waals surface area contributed by atoms with Crippen LogP contribution in [0.15, 0.2) is 30.9 Å². The number of rotatable bonds is 6. The number of hydrogen-bond acceptors (Lipinski definition) is 4. The Labute approximate surface area is 130 Å². The minimum absolute atomic E-state index is 0.0978. The molecule has 0 spiro atoms. The van der Waals surface area contributed by atoms with E-state index in [2.05, 4.69) is 15.4 Å². The summed E-state index contributed by atoms with van der Waals surface area (Å²) >= 11 is 0. The molecule has 0 radical (unpaired) electrons. The number of aryl methyl sites for hydroxylation is 1. The number of amides is 1. The summed E-state index contributed by atoms with van der Waals surface area (Å²) in [4.78, 5) is 16.3. The van der Waals surface area contributed by atoms with Gasteiger partial charge in [0.25, 0.3) is 5.91 Å². The molecule has 0 fully saturated rings. The lowest BCUT2D eigenvalue weighted by Gasteiger charge is -2.27. The fraction of sp³-hybridized carbons (Fsp3) is 0.438. The van der Waals surface area contributed by atoms with Crippen molar-refractivity contribution in [2.24, 2.45) is 5.73 Å². The van der Waals surface area contributed by atoms with Gasteiger partial charge in [-0.2, -0.15) is 5.10 Å². The predicted octanol–water partition coefficient (Wildman–Crippen LogP) is 1.82. The minimum Gasteiger partial charge on any atom is -0.350 e. The van der Waals surface area contributed by atoms with Gasteiger partial charge in [-0.1, -0.05) is 13.8 Å². The summed E-state index contributed by atoms with van der Waals surface area (Å²) in [5.41, 5.74) is 8.29. The molecule has 2 aromatic rings. The molecule has 0 unspecified atom stereocenters. The third-order valence-corrected chi connectivity index (χ3v) is 4.15. The van der Waals surface area contributed by atoms with Crippen LogP contribution in [-0.2, 0) is 0 Å². The maximum Gasteiger partial charge on any atom is 0.251 e. The van der Waals surface area contributed by atoms with Crippen molar-refractivity contribution in [1.82, 2.24) is 20.1 Å². The zero-order valence-corrected chi connectivity index (χ0v) is 13.3. The van der Waals surface area contributed by atoms with Crippen molar-refractivity contribution in [2.45, 2.75) is 39.2 Å². The summed E-state index contributed by atoms with van der Waals surface area (Å²) in [5, 5.41) is 7.02. The highest BCUT2D eigenvalue weighted by Gasteiger charge is 2.21. The first-order valence-corrected chi connectivity index (χ1v) is 7.52. The van der Waals surface area contributed by atoms with E-state index in [0.29, 0.717) is 12.1 Å². The van der Waals surface area contributed by atoms with E-state index in [0.717, 1.165) is 24.1 Å². The van der Waals surface area contributed by atoms with Crippen LogP contribution in [0.3, 0.4) is 0 Å². The fourth-order valence-corrected chi connectivity index (χ4v) is 2.24. The number of nitrogens with zero attached hydrogens (tertiary/aromatic N) is 3. The molecule has 22 heavy (non-hydrogen) atoms. The molecule has 3 N–H and O–H groups in total. The van der Waals surface area contributed by atoms with Gasteiger partial charge >= 0.3 is 0 Å². The van der Waals surface area contributed by atoms with Gasteiger partial charge in [0, 0.05) is 17.6 Å². The van der Waals surface area contributed by atoms with E-state index in [1.807, 2.05) is 32.9 Å². The zero-order chi connectivity index (χ0) is 16.2. The number of nitrogens with one attached hydrogen (secondary N) is 1. The molecule has 0 saturated heterocycles. The standard InChI is InChI=1S/C16H23N5O/c1-4-16(17,5-2)9-19-15(22)14-7-6-13(8-12(14)3)21-11-18-10-20-21/h6-8,10-11H,4-5,9,17H2,1-3H3,(H,19,22). The van der Waals surface area contributed by atoms with Gasteiger partial charge in [0.05, 0.1) is 5.69 Å². The molecular formula is C16H23N5O. The van der Waals surface area contributed by atoms with Gasteiger partial charge in [-0.15, -0.1) is 0 Å². The van der Waals surface area contributed by atoms with Gasteiger partial charge in [-0.25, -0.2) is 9.67 Å². The van der Waals surface area contributed by atoms with Crippen LogP contribution in [0.5, 0.6) is 0 Å². The minimum atomic E-state index is -0.343. The second-order valence-electron chi connectivity index (χ2n) is 5.59. The quantitative estimate of drug-likeness (QED) is 0.852. The van der Waals surface area contributed by atoms with Gasteiger partial charge in [0.1, 0.15) is 12.7 Å². The van der Waals surface area contributed by atoms with E-state index in [1.165, 1.54) is 6.33 Å². The van der Waals surface area contributed by atoms with Gasteiger partial charge < -0.3 is 11.1 Å². The lowest BCUT2D eigenvalue weighted by atomic mass is 9.94. The van der Waals surface area contributed by atoms with E-state index in [1.54, 1.807) is 17.1 Å². The van der Waals surface area contributed by atoms with Crippen molar-refractivity contribution >= 4 is 5.91 Å². The molecule has 1 heterocycles. The van der Waals surface area contributed by atoms with E-state index in [9.17, 15) is 4.79 Å². The Morgan fingerprint density at radius 3 is 2.64 bits per heavy atom. The molecule has 0 bridgehead atoms.